The van der Waals surface area contributed by atoms with Crippen LogP contribution in [0.4, 0.5) is 0 Å². The SMILES string of the molecule is O=C(c1cccc(-c2cc3ccccc3oc2=O)c1)N1CCC(N2CCCC2=O)CC1. The van der Waals surface area contributed by atoms with Crippen LogP contribution in [0.5, 0.6) is 0 Å². The second-order valence-corrected chi connectivity index (χ2v) is 8.28. The zero-order valence-corrected chi connectivity index (χ0v) is 17.3. The number of amides is 2. The molecule has 2 fully saturated rings. The molecule has 2 aliphatic heterocycles. The highest BCUT2D eigenvalue weighted by Crippen LogP contribution is 2.25. The van der Waals surface area contributed by atoms with E-state index in [4.69, 9.17) is 4.42 Å². The van der Waals surface area contributed by atoms with Gasteiger partial charge >= 0.3 is 5.63 Å². The fourth-order valence-corrected chi connectivity index (χ4v) is 4.70. The summed E-state index contributed by atoms with van der Waals surface area (Å²) in [4.78, 5) is 41.5. The Balaban J connectivity index is 1.35. The number of likely N-dealkylation sites (tertiary alicyclic amines) is 2. The van der Waals surface area contributed by atoms with Gasteiger partial charge in [0.25, 0.3) is 5.91 Å². The molecule has 0 unspecified atom stereocenters. The summed E-state index contributed by atoms with van der Waals surface area (Å²) in [6.45, 7) is 2.11. The van der Waals surface area contributed by atoms with Crippen LogP contribution in [0.1, 0.15) is 36.0 Å². The molecule has 5 rings (SSSR count). The molecule has 0 aliphatic carbocycles. The lowest BCUT2D eigenvalue weighted by Gasteiger charge is -2.36. The molecule has 0 N–H and O–H groups in total. The summed E-state index contributed by atoms with van der Waals surface area (Å²) in [6, 6.07) is 16.6. The molecule has 2 amide bonds. The minimum Gasteiger partial charge on any atom is -0.422 e. The molecule has 2 aromatic carbocycles. The van der Waals surface area contributed by atoms with Crippen LogP contribution in [0.25, 0.3) is 22.1 Å². The number of rotatable bonds is 3. The molecule has 2 aliphatic rings. The quantitative estimate of drug-likeness (QED) is 0.611. The Kier molecular flexibility index (Phi) is 5.06. The third-order valence-electron chi connectivity index (χ3n) is 6.36. The maximum atomic E-state index is 13.1. The third kappa shape index (κ3) is 3.74. The van der Waals surface area contributed by atoms with E-state index >= 15 is 0 Å². The zero-order chi connectivity index (χ0) is 21.4. The predicted molar refractivity (Wildman–Crippen MR) is 118 cm³/mol. The van der Waals surface area contributed by atoms with Gasteiger partial charge in [-0.3, -0.25) is 9.59 Å². The monoisotopic (exact) mass is 416 g/mol. The molecule has 0 saturated carbocycles. The van der Waals surface area contributed by atoms with Gasteiger partial charge in [-0.05, 0) is 49.1 Å². The highest BCUT2D eigenvalue weighted by atomic mass is 16.4. The average Bonchev–Trinajstić information content (AvgIpc) is 3.24. The first-order chi connectivity index (χ1) is 15.1. The normalized spacial score (nSPS) is 17.5. The lowest BCUT2D eigenvalue weighted by molar-refractivity contribution is -0.130. The number of hydrogen-bond acceptors (Lipinski definition) is 4. The number of piperidine rings is 1. The summed E-state index contributed by atoms with van der Waals surface area (Å²) in [5, 5.41) is 0.840. The number of nitrogens with zero attached hydrogens (tertiary/aromatic N) is 2. The van der Waals surface area contributed by atoms with E-state index in [0.29, 0.717) is 41.8 Å². The summed E-state index contributed by atoms with van der Waals surface area (Å²) < 4.78 is 5.45. The van der Waals surface area contributed by atoms with Crippen molar-refractivity contribution in [3.8, 4) is 11.1 Å². The van der Waals surface area contributed by atoms with Crippen molar-refractivity contribution >= 4 is 22.8 Å². The van der Waals surface area contributed by atoms with Crippen molar-refractivity contribution in [2.75, 3.05) is 19.6 Å². The molecule has 31 heavy (non-hydrogen) atoms. The molecule has 2 saturated heterocycles. The number of carbonyl (C=O) groups excluding carboxylic acids is 2. The summed E-state index contributed by atoms with van der Waals surface area (Å²) in [6.07, 6.45) is 3.21. The zero-order valence-electron chi connectivity index (χ0n) is 17.3. The molecule has 1 aromatic heterocycles. The van der Waals surface area contributed by atoms with Crippen LogP contribution >= 0.6 is 0 Å². The van der Waals surface area contributed by atoms with E-state index in [-0.39, 0.29) is 17.9 Å². The summed E-state index contributed by atoms with van der Waals surface area (Å²) in [5.74, 6) is 0.199. The first-order valence-electron chi connectivity index (χ1n) is 10.8. The summed E-state index contributed by atoms with van der Waals surface area (Å²) >= 11 is 0. The van der Waals surface area contributed by atoms with Crippen molar-refractivity contribution < 1.29 is 14.0 Å². The van der Waals surface area contributed by atoms with Crippen molar-refractivity contribution in [3.63, 3.8) is 0 Å². The number of fused-ring (bicyclic) bond motifs is 1. The summed E-state index contributed by atoms with van der Waals surface area (Å²) in [7, 11) is 0. The van der Waals surface area contributed by atoms with E-state index in [0.717, 1.165) is 31.2 Å². The molecule has 0 atom stereocenters. The molecular formula is C25H24N2O4. The fraction of sp³-hybridized carbons (Fsp3) is 0.320. The van der Waals surface area contributed by atoms with Crippen LogP contribution in [0.3, 0.4) is 0 Å². The van der Waals surface area contributed by atoms with Crippen LogP contribution < -0.4 is 5.63 Å². The first kappa shape index (κ1) is 19.5. The maximum Gasteiger partial charge on any atom is 0.344 e. The Morgan fingerprint density at radius 3 is 2.52 bits per heavy atom. The van der Waals surface area contributed by atoms with E-state index in [1.54, 1.807) is 24.3 Å². The lowest BCUT2D eigenvalue weighted by atomic mass is 10.0. The molecule has 158 valence electrons. The topological polar surface area (TPSA) is 70.8 Å². The van der Waals surface area contributed by atoms with Crippen LogP contribution in [0, 0.1) is 0 Å². The maximum absolute atomic E-state index is 13.1. The van der Waals surface area contributed by atoms with Gasteiger partial charge in [0.1, 0.15) is 5.58 Å². The Morgan fingerprint density at radius 2 is 1.74 bits per heavy atom. The van der Waals surface area contributed by atoms with Gasteiger partial charge in [-0.15, -0.1) is 0 Å². The Bertz CT molecular complexity index is 1210. The van der Waals surface area contributed by atoms with Gasteiger partial charge in [0.2, 0.25) is 5.91 Å². The van der Waals surface area contributed by atoms with Gasteiger partial charge < -0.3 is 14.2 Å². The molecule has 3 aromatic rings. The van der Waals surface area contributed by atoms with Crippen molar-refractivity contribution in [3.05, 3.63) is 70.6 Å². The minimum atomic E-state index is -0.417. The first-order valence-corrected chi connectivity index (χ1v) is 10.8. The van der Waals surface area contributed by atoms with E-state index in [9.17, 15) is 14.4 Å². The Hall–Kier alpha value is -3.41. The predicted octanol–water partition coefficient (Wildman–Crippen LogP) is 3.69. The molecule has 0 spiro atoms. The fourth-order valence-electron chi connectivity index (χ4n) is 4.70. The number of benzene rings is 2. The molecule has 6 heteroatoms. The summed E-state index contributed by atoms with van der Waals surface area (Å²) in [5.41, 5.74) is 1.80. The van der Waals surface area contributed by atoms with E-state index in [1.165, 1.54) is 0 Å². The second-order valence-electron chi connectivity index (χ2n) is 8.28. The minimum absolute atomic E-state index is 0.0433. The van der Waals surface area contributed by atoms with Crippen LogP contribution in [0.15, 0.2) is 63.8 Å². The lowest BCUT2D eigenvalue weighted by Crippen LogP contribution is -2.47. The van der Waals surface area contributed by atoms with Crippen LogP contribution in [0.2, 0.25) is 0 Å². The van der Waals surface area contributed by atoms with Gasteiger partial charge in [0, 0.05) is 43.0 Å². The van der Waals surface area contributed by atoms with Crippen molar-refractivity contribution in [2.45, 2.75) is 31.7 Å². The van der Waals surface area contributed by atoms with Crippen molar-refractivity contribution in [2.24, 2.45) is 0 Å². The van der Waals surface area contributed by atoms with Gasteiger partial charge in [0.15, 0.2) is 0 Å². The van der Waals surface area contributed by atoms with E-state index < -0.39 is 5.63 Å². The van der Waals surface area contributed by atoms with E-state index in [2.05, 4.69) is 0 Å². The smallest absolute Gasteiger partial charge is 0.344 e. The Morgan fingerprint density at radius 1 is 0.935 bits per heavy atom. The van der Waals surface area contributed by atoms with Gasteiger partial charge in [-0.2, -0.15) is 0 Å². The molecule has 6 nitrogen and oxygen atoms in total. The molecule has 0 bridgehead atoms. The van der Waals surface area contributed by atoms with Gasteiger partial charge in [0.05, 0.1) is 5.56 Å². The van der Waals surface area contributed by atoms with Crippen LogP contribution in [-0.4, -0.2) is 47.3 Å². The van der Waals surface area contributed by atoms with Crippen molar-refractivity contribution in [1.29, 1.82) is 0 Å². The second kappa shape index (κ2) is 8.02. The van der Waals surface area contributed by atoms with Crippen LogP contribution in [-0.2, 0) is 4.79 Å². The van der Waals surface area contributed by atoms with Gasteiger partial charge in [-0.1, -0.05) is 30.3 Å². The van der Waals surface area contributed by atoms with Crippen molar-refractivity contribution in [1.82, 2.24) is 9.80 Å². The highest BCUT2D eigenvalue weighted by molar-refractivity contribution is 5.96. The standard InChI is InChI=1S/C25H24N2O4/c28-23-9-4-12-27(23)20-10-13-26(14-11-20)24(29)19-7-3-6-17(15-19)21-16-18-5-1-2-8-22(18)31-25(21)30/h1-3,5-8,15-16,20H,4,9-14H2. The van der Waals surface area contributed by atoms with E-state index in [1.807, 2.05) is 40.1 Å². The molecular weight excluding hydrogens is 392 g/mol. The number of carbonyl (C=O) groups is 2. The van der Waals surface area contributed by atoms with Gasteiger partial charge in [-0.25, -0.2) is 4.79 Å². The highest BCUT2D eigenvalue weighted by Gasteiger charge is 2.32. The number of hydrogen-bond donors (Lipinski definition) is 0. The number of para-hydroxylation sites is 1. The third-order valence-corrected chi connectivity index (χ3v) is 6.36. The molecule has 3 heterocycles. The Labute approximate surface area is 180 Å². The average molecular weight is 416 g/mol. The largest absolute Gasteiger partial charge is 0.422 e. The molecule has 0 radical (unpaired) electrons.